The van der Waals surface area contributed by atoms with Crippen molar-refractivity contribution in [2.75, 3.05) is 27.2 Å². The third-order valence-electron chi connectivity index (χ3n) is 3.45. The number of nitrogens with zero attached hydrogens (tertiary/aromatic N) is 2. The molecule has 3 nitrogen and oxygen atoms in total. The minimum Gasteiger partial charge on any atom is -0.508 e. The molecule has 0 bridgehead atoms. The lowest BCUT2D eigenvalue weighted by atomic mass is 10.2. The Morgan fingerprint density at radius 2 is 2.24 bits per heavy atom. The van der Waals surface area contributed by atoms with Gasteiger partial charge in [-0.15, -0.1) is 0 Å². The summed E-state index contributed by atoms with van der Waals surface area (Å²) in [4.78, 5) is 4.60. The SMILES string of the molecule is CN(C)C1CCN(Cc2c(O)cccc2Cl)C1. The minimum atomic E-state index is 0.297. The highest BCUT2D eigenvalue weighted by Gasteiger charge is 2.24. The van der Waals surface area contributed by atoms with Crippen molar-refractivity contribution in [2.45, 2.75) is 19.0 Å². The van der Waals surface area contributed by atoms with E-state index in [1.807, 2.05) is 6.07 Å². The summed E-state index contributed by atoms with van der Waals surface area (Å²) < 4.78 is 0. The fraction of sp³-hybridized carbons (Fsp3) is 0.538. The minimum absolute atomic E-state index is 0.297. The van der Waals surface area contributed by atoms with Gasteiger partial charge in [0, 0.05) is 36.3 Å². The summed E-state index contributed by atoms with van der Waals surface area (Å²) in [5.74, 6) is 0.297. The van der Waals surface area contributed by atoms with Crippen LogP contribution in [-0.2, 0) is 6.54 Å². The molecule has 1 heterocycles. The Hall–Kier alpha value is -0.770. The van der Waals surface area contributed by atoms with Crippen molar-refractivity contribution in [1.29, 1.82) is 0 Å². The summed E-state index contributed by atoms with van der Waals surface area (Å²) >= 11 is 6.11. The van der Waals surface area contributed by atoms with Gasteiger partial charge in [-0.3, -0.25) is 4.90 Å². The van der Waals surface area contributed by atoms with Gasteiger partial charge >= 0.3 is 0 Å². The predicted octanol–water partition coefficient (Wildman–Crippen LogP) is 2.18. The first-order chi connectivity index (χ1) is 8.08. The topological polar surface area (TPSA) is 26.7 Å². The van der Waals surface area contributed by atoms with Crippen LogP contribution in [0.2, 0.25) is 5.02 Å². The lowest BCUT2D eigenvalue weighted by Gasteiger charge is -2.21. The molecular formula is C13H19ClN2O. The van der Waals surface area contributed by atoms with Crippen molar-refractivity contribution >= 4 is 11.6 Å². The fourth-order valence-electron chi connectivity index (χ4n) is 2.30. The molecule has 0 saturated carbocycles. The first-order valence-electron chi connectivity index (χ1n) is 5.93. The highest BCUT2D eigenvalue weighted by Crippen LogP contribution is 2.28. The first kappa shape index (κ1) is 12.7. The van der Waals surface area contributed by atoms with Gasteiger partial charge in [-0.1, -0.05) is 17.7 Å². The number of benzene rings is 1. The number of likely N-dealkylation sites (tertiary alicyclic amines) is 1. The van der Waals surface area contributed by atoms with Gasteiger partial charge in [-0.05, 0) is 32.6 Å². The van der Waals surface area contributed by atoms with E-state index in [0.717, 1.165) is 25.2 Å². The van der Waals surface area contributed by atoms with Gasteiger partial charge in [0.2, 0.25) is 0 Å². The summed E-state index contributed by atoms with van der Waals surface area (Å²) in [6.07, 6.45) is 1.18. The highest BCUT2D eigenvalue weighted by atomic mass is 35.5. The lowest BCUT2D eigenvalue weighted by molar-refractivity contribution is 0.263. The third kappa shape index (κ3) is 2.92. The number of likely N-dealkylation sites (N-methyl/N-ethyl adjacent to an activating group) is 1. The molecule has 1 N–H and O–H groups in total. The molecule has 2 rings (SSSR count). The molecule has 1 aromatic rings. The molecule has 0 amide bonds. The van der Waals surface area contributed by atoms with E-state index in [0.29, 0.717) is 16.8 Å². The largest absolute Gasteiger partial charge is 0.508 e. The van der Waals surface area contributed by atoms with Crippen molar-refractivity contribution in [1.82, 2.24) is 9.80 Å². The van der Waals surface area contributed by atoms with E-state index < -0.39 is 0 Å². The average molecular weight is 255 g/mol. The number of phenolic OH excluding ortho intramolecular Hbond substituents is 1. The average Bonchev–Trinajstić information content (AvgIpc) is 2.72. The summed E-state index contributed by atoms with van der Waals surface area (Å²) in [5.41, 5.74) is 0.841. The zero-order valence-corrected chi connectivity index (χ0v) is 11.1. The van der Waals surface area contributed by atoms with Gasteiger partial charge in [0.15, 0.2) is 0 Å². The molecular weight excluding hydrogens is 236 g/mol. The highest BCUT2D eigenvalue weighted by molar-refractivity contribution is 6.31. The second-order valence-electron chi connectivity index (χ2n) is 4.88. The zero-order valence-electron chi connectivity index (χ0n) is 10.4. The van der Waals surface area contributed by atoms with Gasteiger partial charge in [-0.2, -0.15) is 0 Å². The van der Waals surface area contributed by atoms with Crippen LogP contribution in [-0.4, -0.2) is 48.1 Å². The van der Waals surface area contributed by atoms with Crippen LogP contribution in [0.25, 0.3) is 0 Å². The van der Waals surface area contributed by atoms with Crippen LogP contribution in [0.5, 0.6) is 5.75 Å². The molecule has 1 saturated heterocycles. The lowest BCUT2D eigenvalue weighted by Crippen LogP contribution is -2.31. The number of aromatic hydroxyl groups is 1. The van der Waals surface area contributed by atoms with Crippen molar-refractivity contribution in [3.05, 3.63) is 28.8 Å². The van der Waals surface area contributed by atoms with E-state index in [1.165, 1.54) is 6.42 Å². The number of rotatable bonds is 3. The number of halogens is 1. The third-order valence-corrected chi connectivity index (χ3v) is 3.81. The van der Waals surface area contributed by atoms with Crippen molar-refractivity contribution in [2.24, 2.45) is 0 Å². The predicted molar refractivity (Wildman–Crippen MR) is 70.5 cm³/mol. The molecule has 0 aliphatic carbocycles. The Morgan fingerprint density at radius 1 is 1.47 bits per heavy atom. The molecule has 0 spiro atoms. The molecule has 94 valence electrons. The van der Waals surface area contributed by atoms with Crippen molar-refractivity contribution < 1.29 is 5.11 Å². The summed E-state index contributed by atoms with van der Waals surface area (Å²) in [6.45, 7) is 2.83. The summed E-state index contributed by atoms with van der Waals surface area (Å²) in [5, 5.41) is 10.5. The van der Waals surface area contributed by atoms with Crippen LogP contribution >= 0.6 is 11.6 Å². The zero-order chi connectivity index (χ0) is 12.4. The molecule has 0 aromatic heterocycles. The second kappa shape index (κ2) is 5.25. The molecule has 1 fully saturated rings. The van der Waals surface area contributed by atoms with Crippen LogP contribution in [0.4, 0.5) is 0 Å². The molecule has 1 aliphatic rings. The Bertz CT molecular complexity index is 375. The molecule has 17 heavy (non-hydrogen) atoms. The Balaban J connectivity index is 2.03. The Morgan fingerprint density at radius 3 is 2.82 bits per heavy atom. The molecule has 4 heteroatoms. The van der Waals surface area contributed by atoms with Crippen LogP contribution in [0, 0.1) is 0 Å². The van der Waals surface area contributed by atoms with Gasteiger partial charge in [0.25, 0.3) is 0 Å². The summed E-state index contributed by atoms with van der Waals surface area (Å²) in [6, 6.07) is 5.91. The van der Waals surface area contributed by atoms with E-state index in [1.54, 1.807) is 12.1 Å². The maximum Gasteiger partial charge on any atom is 0.121 e. The maximum absolute atomic E-state index is 9.81. The molecule has 1 unspecified atom stereocenters. The normalized spacial score (nSPS) is 21.3. The van der Waals surface area contributed by atoms with Gasteiger partial charge in [-0.25, -0.2) is 0 Å². The van der Waals surface area contributed by atoms with Gasteiger partial charge < -0.3 is 10.0 Å². The van der Waals surface area contributed by atoms with E-state index in [4.69, 9.17) is 11.6 Å². The van der Waals surface area contributed by atoms with Gasteiger partial charge in [0.05, 0.1) is 0 Å². The Labute approximate surface area is 108 Å². The standard InChI is InChI=1S/C13H19ClN2O/c1-15(2)10-6-7-16(8-10)9-11-12(14)4-3-5-13(11)17/h3-5,10,17H,6-9H2,1-2H3. The van der Waals surface area contributed by atoms with Crippen LogP contribution in [0.1, 0.15) is 12.0 Å². The van der Waals surface area contributed by atoms with Crippen LogP contribution < -0.4 is 0 Å². The summed E-state index contributed by atoms with van der Waals surface area (Å²) in [7, 11) is 4.22. The number of hydrogen-bond acceptors (Lipinski definition) is 3. The smallest absolute Gasteiger partial charge is 0.121 e. The van der Waals surface area contributed by atoms with E-state index in [-0.39, 0.29) is 0 Å². The first-order valence-corrected chi connectivity index (χ1v) is 6.31. The van der Waals surface area contributed by atoms with E-state index in [9.17, 15) is 5.11 Å². The van der Waals surface area contributed by atoms with E-state index in [2.05, 4.69) is 23.9 Å². The number of phenols is 1. The van der Waals surface area contributed by atoms with Crippen molar-refractivity contribution in [3.63, 3.8) is 0 Å². The quantitative estimate of drug-likeness (QED) is 0.896. The second-order valence-corrected chi connectivity index (χ2v) is 5.29. The van der Waals surface area contributed by atoms with Crippen LogP contribution in [0.3, 0.4) is 0 Å². The Kier molecular flexibility index (Phi) is 3.92. The van der Waals surface area contributed by atoms with Crippen LogP contribution in [0.15, 0.2) is 18.2 Å². The molecule has 1 aromatic carbocycles. The van der Waals surface area contributed by atoms with E-state index >= 15 is 0 Å². The van der Waals surface area contributed by atoms with Crippen molar-refractivity contribution in [3.8, 4) is 5.75 Å². The fourth-order valence-corrected chi connectivity index (χ4v) is 2.53. The maximum atomic E-state index is 9.81. The number of hydrogen-bond donors (Lipinski definition) is 1. The molecule has 1 aliphatic heterocycles. The monoisotopic (exact) mass is 254 g/mol. The molecule has 1 atom stereocenters. The molecule has 0 radical (unpaired) electrons. The van der Waals surface area contributed by atoms with Gasteiger partial charge in [0.1, 0.15) is 5.75 Å².